The van der Waals surface area contributed by atoms with Crippen LogP contribution in [0.1, 0.15) is 129 Å². The van der Waals surface area contributed by atoms with Crippen LogP contribution in [0.4, 0.5) is 0 Å². The van der Waals surface area contributed by atoms with E-state index in [1.165, 1.54) is 109 Å². The third-order valence-corrected chi connectivity index (χ3v) is 5.04. The Labute approximate surface area is 142 Å². The number of hydrogen-bond acceptors (Lipinski definition) is 0. The maximum atomic E-state index is 3.99. The van der Waals surface area contributed by atoms with Crippen LogP contribution in [0.5, 0.6) is 0 Å². The van der Waals surface area contributed by atoms with Gasteiger partial charge in [-0.05, 0) is 5.92 Å². The summed E-state index contributed by atoms with van der Waals surface area (Å²) in [6, 6.07) is 0. The minimum Gasteiger partial charge on any atom is -0.0654 e. The molecule has 0 aliphatic carbocycles. The van der Waals surface area contributed by atoms with Gasteiger partial charge in [-0.3, -0.25) is 0 Å². The summed E-state index contributed by atoms with van der Waals surface area (Å²) >= 11 is 0. The zero-order valence-corrected chi connectivity index (χ0v) is 16.0. The summed E-state index contributed by atoms with van der Waals surface area (Å²) in [5.41, 5.74) is 0. The standard InChI is InChI=1S/C22H45/c1-4-7-10-12-14-17-20-22(19-16-9-6-3)21-18-15-13-11-8-5-2/h22H,3-21H2,1-2H3. The Morgan fingerprint density at radius 1 is 0.500 bits per heavy atom. The summed E-state index contributed by atoms with van der Waals surface area (Å²) in [5.74, 6) is 1.02. The van der Waals surface area contributed by atoms with Crippen LogP contribution >= 0.6 is 0 Å². The fourth-order valence-corrected chi connectivity index (χ4v) is 3.47. The molecule has 0 aliphatic rings. The van der Waals surface area contributed by atoms with Crippen molar-refractivity contribution >= 4 is 0 Å². The molecule has 0 saturated carbocycles. The Kier molecular flexibility index (Phi) is 19.0. The minimum atomic E-state index is 1.02. The molecule has 0 amide bonds. The van der Waals surface area contributed by atoms with Crippen LogP contribution in [-0.4, -0.2) is 0 Å². The second kappa shape index (κ2) is 19.0. The third-order valence-electron chi connectivity index (χ3n) is 5.04. The first-order chi connectivity index (χ1) is 10.8. The van der Waals surface area contributed by atoms with Gasteiger partial charge in [0.15, 0.2) is 0 Å². The Balaban J connectivity index is 3.65. The van der Waals surface area contributed by atoms with Crippen molar-refractivity contribution in [2.24, 2.45) is 5.92 Å². The number of unbranched alkanes of at least 4 members (excludes halogenated alkanes) is 12. The summed E-state index contributed by atoms with van der Waals surface area (Å²) in [7, 11) is 0. The second-order valence-corrected chi connectivity index (χ2v) is 7.33. The molecule has 0 spiro atoms. The van der Waals surface area contributed by atoms with E-state index >= 15 is 0 Å². The van der Waals surface area contributed by atoms with Crippen LogP contribution in [-0.2, 0) is 0 Å². The molecular formula is C22H45. The van der Waals surface area contributed by atoms with Crippen molar-refractivity contribution in [3.8, 4) is 0 Å². The molecule has 0 nitrogen and oxygen atoms in total. The molecule has 0 bridgehead atoms. The van der Waals surface area contributed by atoms with Crippen molar-refractivity contribution in [1.29, 1.82) is 0 Å². The molecule has 22 heavy (non-hydrogen) atoms. The highest BCUT2D eigenvalue weighted by molar-refractivity contribution is 4.62. The lowest BCUT2D eigenvalue weighted by atomic mass is 9.89. The molecule has 0 unspecified atom stereocenters. The summed E-state index contributed by atoms with van der Waals surface area (Å²) < 4.78 is 0. The molecule has 0 atom stereocenters. The van der Waals surface area contributed by atoms with Gasteiger partial charge in [0.1, 0.15) is 0 Å². The normalized spacial score (nSPS) is 11.5. The molecule has 0 aromatic carbocycles. The molecular weight excluding hydrogens is 264 g/mol. The third kappa shape index (κ3) is 16.4. The van der Waals surface area contributed by atoms with E-state index in [9.17, 15) is 0 Å². The van der Waals surface area contributed by atoms with Crippen molar-refractivity contribution in [1.82, 2.24) is 0 Å². The van der Waals surface area contributed by atoms with Crippen LogP contribution in [0, 0.1) is 12.8 Å². The number of rotatable bonds is 18. The molecule has 0 rings (SSSR count). The minimum absolute atomic E-state index is 1.02. The van der Waals surface area contributed by atoms with Gasteiger partial charge in [-0.2, -0.15) is 0 Å². The molecule has 0 aromatic rings. The highest BCUT2D eigenvalue weighted by Gasteiger charge is 2.08. The van der Waals surface area contributed by atoms with Crippen molar-refractivity contribution in [2.75, 3.05) is 0 Å². The van der Waals surface area contributed by atoms with Crippen LogP contribution in [0.25, 0.3) is 0 Å². The monoisotopic (exact) mass is 309 g/mol. The maximum Gasteiger partial charge on any atom is -0.0414 e. The van der Waals surface area contributed by atoms with E-state index in [4.69, 9.17) is 0 Å². The highest BCUT2D eigenvalue weighted by Crippen LogP contribution is 2.24. The van der Waals surface area contributed by atoms with E-state index in [0.717, 1.165) is 12.3 Å². The van der Waals surface area contributed by atoms with Gasteiger partial charge in [0.25, 0.3) is 0 Å². The van der Waals surface area contributed by atoms with E-state index in [1.807, 2.05) is 0 Å². The van der Waals surface area contributed by atoms with Gasteiger partial charge >= 0.3 is 0 Å². The van der Waals surface area contributed by atoms with Crippen molar-refractivity contribution in [2.45, 2.75) is 129 Å². The SMILES string of the molecule is [CH2]CCCCC(CCCCCCCC)CCCCCCCC. The lowest BCUT2D eigenvalue weighted by molar-refractivity contribution is 0.369. The van der Waals surface area contributed by atoms with Crippen molar-refractivity contribution < 1.29 is 0 Å². The first kappa shape index (κ1) is 22.0. The van der Waals surface area contributed by atoms with E-state index in [2.05, 4.69) is 20.8 Å². The highest BCUT2D eigenvalue weighted by atomic mass is 14.1. The number of hydrogen-bond donors (Lipinski definition) is 0. The van der Waals surface area contributed by atoms with Crippen LogP contribution in [0.15, 0.2) is 0 Å². The fourth-order valence-electron chi connectivity index (χ4n) is 3.47. The van der Waals surface area contributed by atoms with Crippen LogP contribution in [0.2, 0.25) is 0 Å². The first-order valence-electron chi connectivity index (χ1n) is 10.6. The zero-order valence-electron chi connectivity index (χ0n) is 16.0. The van der Waals surface area contributed by atoms with E-state index in [0.29, 0.717) is 0 Å². The topological polar surface area (TPSA) is 0 Å². The quantitative estimate of drug-likeness (QED) is 0.223. The fraction of sp³-hybridized carbons (Fsp3) is 0.955. The van der Waals surface area contributed by atoms with Gasteiger partial charge in [0.05, 0.1) is 0 Å². The molecule has 0 aliphatic heterocycles. The smallest absolute Gasteiger partial charge is 0.0414 e. The average Bonchev–Trinajstić information content (AvgIpc) is 2.53. The Hall–Kier alpha value is 0. The van der Waals surface area contributed by atoms with Crippen LogP contribution in [0.3, 0.4) is 0 Å². The molecule has 0 aromatic heterocycles. The van der Waals surface area contributed by atoms with Gasteiger partial charge in [-0.15, -0.1) is 0 Å². The molecule has 0 saturated heterocycles. The molecule has 0 fully saturated rings. The van der Waals surface area contributed by atoms with Crippen molar-refractivity contribution in [3.63, 3.8) is 0 Å². The maximum absolute atomic E-state index is 3.99. The average molecular weight is 310 g/mol. The molecule has 1 radical (unpaired) electrons. The van der Waals surface area contributed by atoms with Gasteiger partial charge in [-0.25, -0.2) is 0 Å². The largest absolute Gasteiger partial charge is 0.0654 e. The Bertz CT molecular complexity index is 168. The van der Waals surface area contributed by atoms with Gasteiger partial charge in [-0.1, -0.05) is 136 Å². The molecule has 0 N–H and O–H groups in total. The summed E-state index contributed by atoms with van der Waals surface area (Å²) in [6.45, 7) is 8.60. The van der Waals surface area contributed by atoms with Gasteiger partial charge in [0.2, 0.25) is 0 Å². The Morgan fingerprint density at radius 3 is 1.27 bits per heavy atom. The van der Waals surface area contributed by atoms with E-state index in [1.54, 1.807) is 0 Å². The summed E-state index contributed by atoms with van der Waals surface area (Å²) in [6.07, 6.45) is 25.7. The predicted molar refractivity (Wildman–Crippen MR) is 103 cm³/mol. The van der Waals surface area contributed by atoms with E-state index < -0.39 is 0 Å². The van der Waals surface area contributed by atoms with Gasteiger partial charge in [0, 0.05) is 0 Å². The van der Waals surface area contributed by atoms with E-state index in [-0.39, 0.29) is 0 Å². The molecule has 0 heterocycles. The van der Waals surface area contributed by atoms with Crippen molar-refractivity contribution in [3.05, 3.63) is 6.92 Å². The lowest BCUT2D eigenvalue weighted by Crippen LogP contribution is -2.01. The van der Waals surface area contributed by atoms with Crippen LogP contribution < -0.4 is 0 Å². The Morgan fingerprint density at radius 2 is 0.864 bits per heavy atom. The second-order valence-electron chi connectivity index (χ2n) is 7.33. The summed E-state index contributed by atoms with van der Waals surface area (Å²) in [5, 5.41) is 0. The predicted octanol–water partition coefficient (Wildman–Crippen LogP) is 8.50. The zero-order chi connectivity index (χ0) is 16.3. The molecule has 133 valence electrons. The van der Waals surface area contributed by atoms with Gasteiger partial charge < -0.3 is 0 Å². The first-order valence-corrected chi connectivity index (χ1v) is 10.6. The summed E-state index contributed by atoms with van der Waals surface area (Å²) in [4.78, 5) is 0. The lowest BCUT2D eigenvalue weighted by Gasteiger charge is -2.17. The molecule has 0 heteroatoms.